The van der Waals surface area contributed by atoms with Gasteiger partial charge in [-0.15, -0.1) is 0 Å². The molecule has 120 valence electrons. The molecule has 0 heterocycles. The van der Waals surface area contributed by atoms with Crippen molar-refractivity contribution in [3.8, 4) is 16.9 Å². The highest BCUT2D eigenvalue weighted by Crippen LogP contribution is 2.23. The average molecular weight is 310 g/mol. The molecule has 3 nitrogen and oxygen atoms in total. The molecule has 23 heavy (non-hydrogen) atoms. The fourth-order valence-corrected chi connectivity index (χ4v) is 2.26. The molecule has 0 fully saturated rings. The van der Waals surface area contributed by atoms with Gasteiger partial charge in [0.1, 0.15) is 19.0 Å². The summed E-state index contributed by atoms with van der Waals surface area (Å²) in [6.45, 7) is 6.06. The monoisotopic (exact) mass is 310 g/mol. The van der Waals surface area contributed by atoms with Crippen molar-refractivity contribution in [3.05, 3.63) is 66.7 Å². The number of esters is 1. The Morgan fingerprint density at radius 2 is 1.61 bits per heavy atom. The maximum Gasteiger partial charge on any atom is 0.330 e. The van der Waals surface area contributed by atoms with Crippen LogP contribution in [0.25, 0.3) is 11.1 Å². The van der Waals surface area contributed by atoms with Crippen molar-refractivity contribution in [1.29, 1.82) is 0 Å². The largest absolute Gasteiger partial charge is 0.490 e. The molecule has 0 unspecified atom stereocenters. The lowest BCUT2D eigenvalue weighted by molar-refractivity contribution is -0.138. The van der Waals surface area contributed by atoms with E-state index in [9.17, 15) is 4.79 Å². The van der Waals surface area contributed by atoms with E-state index in [1.54, 1.807) is 0 Å². The number of hydrogen-bond acceptors (Lipinski definition) is 3. The molecule has 0 amide bonds. The molecule has 3 heteroatoms. The minimum atomic E-state index is -0.435. The second-order valence-corrected chi connectivity index (χ2v) is 5.19. The summed E-state index contributed by atoms with van der Waals surface area (Å²) in [7, 11) is 0. The maximum atomic E-state index is 10.9. The van der Waals surface area contributed by atoms with E-state index in [2.05, 4.69) is 37.8 Å². The standard InChI is InChI=1S/C20H22O3/c1-3-5-16-6-8-17(9-7-16)18-10-12-19(13-11-18)22-14-15-23-20(21)4-2/h4,6-13H,2-3,5,14-15H2,1H3. The molecule has 0 saturated heterocycles. The third-order valence-corrected chi connectivity index (χ3v) is 3.44. The number of rotatable bonds is 8. The molecule has 0 aliphatic carbocycles. The summed E-state index contributed by atoms with van der Waals surface area (Å²) in [4.78, 5) is 10.9. The van der Waals surface area contributed by atoms with Crippen LogP contribution in [0.15, 0.2) is 61.2 Å². The third-order valence-electron chi connectivity index (χ3n) is 3.44. The van der Waals surface area contributed by atoms with Gasteiger partial charge >= 0.3 is 5.97 Å². The van der Waals surface area contributed by atoms with E-state index in [0.29, 0.717) is 6.61 Å². The Morgan fingerprint density at radius 3 is 2.17 bits per heavy atom. The van der Waals surface area contributed by atoms with Gasteiger partial charge in [0.05, 0.1) is 0 Å². The third kappa shape index (κ3) is 5.29. The van der Waals surface area contributed by atoms with Crippen LogP contribution in [0.2, 0.25) is 0 Å². The predicted molar refractivity (Wildman–Crippen MR) is 92.5 cm³/mol. The van der Waals surface area contributed by atoms with Crippen LogP contribution in [0.4, 0.5) is 0 Å². The van der Waals surface area contributed by atoms with Gasteiger partial charge in [-0.05, 0) is 35.2 Å². The first kappa shape index (κ1) is 16.8. The van der Waals surface area contributed by atoms with Crippen LogP contribution in [0, 0.1) is 0 Å². The predicted octanol–water partition coefficient (Wildman–Crippen LogP) is 4.41. The number of hydrogen-bond donors (Lipinski definition) is 0. The van der Waals surface area contributed by atoms with Crippen LogP contribution in [0.1, 0.15) is 18.9 Å². The Morgan fingerprint density at radius 1 is 1.00 bits per heavy atom. The van der Waals surface area contributed by atoms with Gasteiger partial charge in [0.25, 0.3) is 0 Å². The van der Waals surface area contributed by atoms with Crippen molar-refractivity contribution >= 4 is 5.97 Å². The quantitative estimate of drug-likeness (QED) is 0.411. The molecule has 0 aromatic heterocycles. The molecule has 0 saturated carbocycles. The molecule has 0 N–H and O–H groups in total. The molecule has 0 radical (unpaired) electrons. The fourth-order valence-electron chi connectivity index (χ4n) is 2.26. The van der Waals surface area contributed by atoms with E-state index < -0.39 is 5.97 Å². The van der Waals surface area contributed by atoms with Crippen LogP contribution < -0.4 is 4.74 Å². The maximum absolute atomic E-state index is 10.9. The Kier molecular flexibility index (Phi) is 6.42. The van der Waals surface area contributed by atoms with E-state index >= 15 is 0 Å². The van der Waals surface area contributed by atoms with Gasteiger partial charge in [-0.2, -0.15) is 0 Å². The van der Waals surface area contributed by atoms with Crippen LogP contribution >= 0.6 is 0 Å². The van der Waals surface area contributed by atoms with Crippen molar-refractivity contribution in [2.75, 3.05) is 13.2 Å². The number of ether oxygens (including phenoxy) is 2. The van der Waals surface area contributed by atoms with Crippen molar-refractivity contribution in [3.63, 3.8) is 0 Å². The topological polar surface area (TPSA) is 35.5 Å². The molecule has 0 aliphatic rings. The summed E-state index contributed by atoms with van der Waals surface area (Å²) in [5.41, 5.74) is 3.71. The zero-order valence-corrected chi connectivity index (χ0v) is 13.5. The summed E-state index contributed by atoms with van der Waals surface area (Å²) in [5, 5.41) is 0. The normalized spacial score (nSPS) is 10.1. The van der Waals surface area contributed by atoms with Crippen molar-refractivity contribution in [1.82, 2.24) is 0 Å². The molecule has 0 bridgehead atoms. The highest BCUT2D eigenvalue weighted by Gasteiger charge is 2.00. The minimum Gasteiger partial charge on any atom is -0.490 e. The number of aryl methyl sites for hydroxylation is 1. The molecule has 2 rings (SSSR count). The van der Waals surface area contributed by atoms with Crippen LogP contribution in [0.3, 0.4) is 0 Å². The zero-order chi connectivity index (χ0) is 16.5. The lowest BCUT2D eigenvalue weighted by Gasteiger charge is -2.08. The summed E-state index contributed by atoms with van der Waals surface area (Å²) in [6.07, 6.45) is 3.41. The van der Waals surface area contributed by atoms with E-state index in [1.165, 1.54) is 11.1 Å². The molecule has 0 spiro atoms. The van der Waals surface area contributed by atoms with E-state index in [0.717, 1.165) is 30.2 Å². The van der Waals surface area contributed by atoms with E-state index in [-0.39, 0.29) is 6.61 Å². The summed E-state index contributed by atoms with van der Waals surface area (Å²) in [5.74, 6) is 0.321. The number of benzene rings is 2. The molecule has 2 aromatic rings. The Balaban J connectivity index is 1.88. The van der Waals surface area contributed by atoms with Gasteiger partial charge < -0.3 is 9.47 Å². The van der Waals surface area contributed by atoms with E-state index in [1.807, 2.05) is 24.3 Å². The number of carbonyl (C=O) groups is 1. The highest BCUT2D eigenvalue weighted by atomic mass is 16.6. The molecule has 2 aromatic carbocycles. The van der Waals surface area contributed by atoms with Crippen molar-refractivity contribution < 1.29 is 14.3 Å². The smallest absolute Gasteiger partial charge is 0.330 e. The first-order chi connectivity index (χ1) is 11.2. The molecular weight excluding hydrogens is 288 g/mol. The lowest BCUT2D eigenvalue weighted by atomic mass is 10.0. The zero-order valence-electron chi connectivity index (χ0n) is 13.5. The SMILES string of the molecule is C=CC(=O)OCCOc1ccc(-c2ccc(CCC)cc2)cc1. The van der Waals surface area contributed by atoms with Crippen molar-refractivity contribution in [2.24, 2.45) is 0 Å². The highest BCUT2D eigenvalue weighted by molar-refractivity contribution is 5.81. The first-order valence-electron chi connectivity index (χ1n) is 7.84. The van der Waals surface area contributed by atoms with Gasteiger partial charge in [0, 0.05) is 6.08 Å². The first-order valence-corrected chi connectivity index (χ1v) is 7.84. The fraction of sp³-hybridized carbons (Fsp3) is 0.250. The minimum absolute atomic E-state index is 0.214. The van der Waals surface area contributed by atoms with Crippen LogP contribution in [0.5, 0.6) is 5.75 Å². The van der Waals surface area contributed by atoms with Gasteiger partial charge in [0.15, 0.2) is 0 Å². The molecule has 0 aliphatic heterocycles. The second kappa shape index (κ2) is 8.79. The van der Waals surface area contributed by atoms with Crippen LogP contribution in [-0.2, 0) is 16.0 Å². The average Bonchev–Trinajstić information content (AvgIpc) is 2.60. The van der Waals surface area contributed by atoms with E-state index in [4.69, 9.17) is 9.47 Å². The Hall–Kier alpha value is -2.55. The van der Waals surface area contributed by atoms with Gasteiger partial charge in [-0.3, -0.25) is 0 Å². The summed E-state index contributed by atoms with van der Waals surface area (Å²) >= 11 is 0. The van der Waals surface area contributed by atoms with Crippen LogP contribution in [-0.4, -0.2) is 19.2 Å². The second-order valence-electron chi connectivity index (χ2n) is 5.19. The Bertz CT molecular complexity index is 627. The molecule has 0 atom stereocenters. The summed E-state index contributed by atoms with van der Waals surface area (Å²) in [6, 6.07) is 16.6. The Labute approximate surface area is 137 Å². The lowest BCUT2D eigenvalue weighted by Crippen LogP contribution is -2.10. The van der Waals surface area contributed by atoms with Gasteiger partial charge in [-0.25, -0.2) is 4.79 Å². The molecular formula is C20H22O3. The van der Waals surface area contributed by atoms with Gasteiger partial charge in [0.2, 0.25) is 0 Å². The van der Waals surface area contributed by atoms with Crippen molar-refractivity contribution in [2.45, 2.75) is 19.8 Å². The number of carbonyl (C=O) groups excluding carboxylic acids is 1. The summed E-state index contributed by atoms with van der Waals surface area (Å²) < 4.78 is 10.4. The van der Waals surface area contributed by atoms with Gasteiger partial charge in [-0.1, -0.05) is 56.3 Å².